The van der Waals surface area contributed by atoms with E-state index in [9.17, 15) is 14.4 Å². The van der Waals surface area contributed by atoms with Crippen LogP contribution < -0.4 is 5.32 Å². The highest BCUT2D eigenvalue weighted by molar-refractivity contribution is 6.31. The Morgan fingerprint density at radius 2 is 1.71 bits per heavy atom. The zero-order chi connectivity index (χ0) is 21.7. The maximum absolute atomic E-state index is 13.4. The first kappa shape index (κ1) is 20.0. The molecule has 3 amide bonds. The van der Waals surface area contributed by atoms with Gasteiger partial charge in [0.2, 0.25) is 17.7 Å². The number of nitrogens with zero attached hydrogens (tertiary/aromatic N) is 1. The van der Waals surface area contributed by atoms with Crippen LogP contribution in [0.5, 0.6) is 0 Å². The molecule has 1 saturated carbocycles. The first-order valence-corrected chi connectivity index (χ1v) is 11.0. The van der Waals surface area contributed by atoms with Crippen LogP contribution in [0.15, 0.2) is 60.7 Å². The quantitative estimate of drug-likeness (QED) is 0.571. The maximum Gasteiger partial charge on any atom is 0.248 e. The molecule has 0 aromatic heterocycles. The molecule has 0 radical (unpaired) electrons. The summed E-state index contributed by atoms with van der Waals surface area (Å²) >= 11 is 6.11. The maximum atomic E-state index is 13.4. The summed E-state index contributed by atoms with van der Waals surface area (Å²) in [6, 6.07) is 13.8. The number of hydrogen-bond acceptors (Lipinski definition) is 3. The Bertz CT molecular complexity index is 1070. The second-order valence-electron chi connectivity index (χ2n) is 8.70. The highest BCUT2D eigenvalue weighted by Crippen LogP contribution is 2.53. The van der Waals surface area contributed by atoms with Gasteiger partial charge in [0.25, 0.3) is 0 Å². The fourth-order valence-corrected chi connectivity index (χ4v) is 5.49. The van der Waals surface area contributed by atoms with Gasteiger partial charge in [0, 0.05) is 17.1 Å². The van der Waals surface area contributed by atoms with Gasteiger partial charge in [-0.1, -0.05) is 60.2 Å². The van der Waals surface area contributed by atoms with Crippen molar-refractivity contribution in [3.63, 3.8) is 0 Å². The van der Waals surface area contributed by atoms with E-state index in [1.54, 1.807) is 12.1 Å². The van der Waals surface area contributed by atoms with Crippen LogP contribution in [0, 0.1) is 30.6 Å². The molecule has 1 saturated heterocycles. The third-order valence-corrected chi connectivity index (χ3v) is 7.08. The molecule has 2 aliphatic carbocycles. The highest BCUT2D eigenvalue weighted by Gasteiger charge is 2.61. The van der Waals surface area contributed by atoms with Gasteiger partial charge in [0.1, 0.15) is 6.04 Å². The van der Waals surface area contributed by atoms with Crippen molar-refractivity contribution in [2.75, 3.05) is 5.32 Å². The summed E-state index contributed by atoms with van der Waals surface area (Å²) in [6.45, 7) is 1.87. The van der Waals surface area contributed by atoms with E-state index in [0.717, 1.165) is 17.5 Å². The summed E-state index contributed by atoms with van der Waals surface area (Å²) in [7, 11) is 0. The summed E-state index contributed by atoms with van der Waals surface area (Å²) in [5, 5.41) is 3.41. The van der Waals surface area contributed by atoms with Crippen LogP contribution in [-0.2, 0) is 20.8 Å². The number of benzene rings is 2. The third kappa shape index (κ3) is 3.37. The van der Waals surface area contributed by atoms with E-state index in [2.05, 4.69) is 17.5 Å². The summed E-state index contributed by atoms with van der Waals surface area (Å²) in [6.07, 6.45) is 5.24. The molecule has 5 nitrogen and oxygen atoms in total. The Hall–Kier alpha value is -2.92. The van der Waals surface area contributed by atoms with Gasteiger partial charge in [-0.25, -0.2) is 0 Å². The lowest BCUT2D eigenvalue weighted by Crippen LogP contribution is -2.49. The molecule has 1 heterocycles. The van der Waals surface area contributed by atoms with Crippen LogP contribution in [-0.4, -0.2) is 28.7 Å². The van der Waals surface area contributed by atoms with E-state index in [-0.39, 0.29) is 47.8 Å². The SMILES string of the molecule is Cc1ccc(Cl)cc1NC(=O)[C@@H](Cc1ccccc1)N1C(=O)[C@@H]2[C@H](C1=O)[C@H]1C=C[C@H]2C1. The van der Waals surface area contributed by atoms with Crippen molar-refractivity contribution in [3.05, 3.63) is 76.8 Å². The number of anilines is 1. The van der Waals surface area contributed by atoms with E-state index in [0.29, 0.717) is 10.7 Å². The van der Waals surface area contributed by atoms with E-state index in [4.69, 9.17) is 11.6 Å². The number of allylic oxidation sites excluding steroid dienone is 2. The van der Waals surface area contributed by atoms with Crippen molar-refractivity contribution in [1.29, 1.82) is 0 Å². The van der Waals surface area contributed by atoms with Crippen molar-refractivity contribution in [2.45, 2.75) is 25.8 Å². The molecule has 31 heavy (non-hydrogen) atoms. The second kappa shape index (κ2) is 7.65. The minimum atomic E-state index is -0.911. The van der Waals surface area contributed by atoms with Crippen LogP contribution >= 0.6 is 11.6 Å². The highest BCUT2D eigenvalue weighted by atomic mass is 35.5. The smallest absolute Gasteiger partial charge is 0.248 e. The number of amides is 3. The number of likely N-dealkylation sites (tertiary alicyclic amines) is 1. The Balaban J connectivity index is 1.47. The standard InChI is InChI=1S/C25H23ClN2O3/c1-14-7-10-18(26)13-19(14)27-23(29)20(11-15-5-3-2-4-6-15)28-24(30)21-16-8-9-17(12-16)22(21)25(28)31/h2-10,13,16-17,20-22H,11-12H2,1H3,(H,27,29)/t16-,17-,20+,21-,22+/m0/s1. The lowest BCUT2D eigenvalue weighted by atomic mass is 9.85. The van der Waals surface area contributed by atoms with E-state index in [1.807, 2.05) is 43.3 Å². The van der Waals surface area contributed by atoms with Gasteiger partial charge >= 0.3 is 0 Å². The number of hydrogen-bond donors (Lipinski definition) is 1. The van der Waals surface area contributed by atoms with Gasteiger partial charge in [-0.3, -0.25) is 19.3 Å². The number of halogens is 1. The third-order valence-electron chi connectivity index (χ3n) is 6.85. The topological polar surface area (TPSA) is 66.5 Å². The predicted molar refractivity (Wildman–Crippen MR) is 118 cm³/mol. The monoisotopic (exact) mass is 434 g/mol. The number of aryl methyl sites for hydroxylation is 1. The molecular formula is C25H23ClN2O3. The summed E-state index contributed by atoms with van der Waals surface area (Å²) in [5.74, 6) is -1.27. The summed E-state index contributed by atoms with van der Waals surface area (Å²) in [5.41, 5.74) is 2.33. The minimum absolute atomic E-state index is 0.104. The molecule has 2 bridgehead atoms. The molecule has 5 rings (SSSR count). The van der Waals surface area contributed by atoms with Crippen molar-refractivity contribution in [3.8, 4) is 0 Å². The van der Waals surface area contributed by atoms with Gasteiger partial charge in [-0.05, 0) is 48.4 Å². The largest absolute Gasteiger partial charge is 0.324 e. The molecule has 1 aliphatic heterocycles. The van der Waals surface area contributed by atoms with Gasteiger partial charge < -0.3 is 5.32 Å². The fraction of sp³-hybridized carbons (Fsp3) is 0.320. The molecule has 158 valence electrons. The van der Waals surface area contributed by atoms with Crippen LogP contribution in [0.1, 0.15) is 17.5 Å². The Morgan fingerprint density at radius 3 is 2.35 bits per heavy atom. The van der Waals surface area contributed by atoms with Crippen LogP contribution in [0.25, 0.3) is 0 Å². The normalized spacial score (nSPS) is 27.0. The van der Waals surface area contributed by atoms with Crippen molar-refractivity contribution < 1.29 is 14.4 Å². The zero-order valence-corrected chi connectivity index (χ0v) is 17.9. The van der Waals surface area contributed by atoms with Crippen LogP contribution in [0.4, 0.5) is 5.69 Å². The first-order chi connectivity index (χ1) is 14.9. The molecule has 0 spiro atoms. The van der Waals surface area contributed by atoms with E-state index < -0.39 is 6.04 Å². The molecule has 2 aromatic carbocycles. The number of rotatable bonds is 5. The second-order valence-corrected chi connectivity index (χ2v) is 9.14. The number of fused-ring (bicyclic) bond motifs is 5. The van der Waals surface area contributed by atoms with Gasteiger partial charge in [0.15, 0.2) is 0 Å². The molecule has 2 fully saturated rings. The minimum Gasteiger partial charge on any atom is -0.324 e. The lowest BCUT2D eigenvalue weighted by molar-refractivity contribution is -0.147. The van der Waals surface area contributed by atoms with Crippen molar-refractivity contribution in [1.82, 2.24) is 4.90 Å². The molecule has 6 heteroatoms. The number of nitrogens with one attached hydrogen (secondary N) is 1. The van der Waals surface area contributed by atoms with Gasteiger partial charge in [-0.2, -0.15) is 0 Å². The number of carbonyl (C=O) groups is 3. The van der Waals surface area contributed by atoms with Crippen LogP contribution in [0.3, 0.4) is 0 Å². The van der Waals surface area contributed by atoms with Crippen molar-refractivity contribution in [2.24, 2.45) is 23.7 Å². The zero-order valence-electron chi connectivity index (χ0n) is 17.1. The number of imide groups is 1. The molecule has 0 unspecified atom stereocenters. The average Bonchev–Trinajstić information content (AvgIpc) is 3.44. The summed E-state index contributed by atoms with van der Waals surface area (Å²) < 4.78 is 0. The predicted octanol–water partition coefficient (Wildman–Crippen LogP) is 4.01. The Kier molecular flexibility index (Phi) is 4.94. The first-order valence-electron chi connectivity index (χ1n) is 10.6. The average molecular weight is 435 g/mol. The number of carbonyl (C=O) groups excluding carboxylic acids is 3. The van der Waals surface area contributed by atoms with Crippen molar-refractivity contribution >= 4 is 35.0 Å². The van der Waals surface area contributed by atoms with Gasteiger partial charge in [-0.15, -0.1) is 0 Å². The fourth-order valence-electron chi connectivity index (χ4n) is 5.32. The Labute approximate surface area is 186 Å². The van der Waals surface area contributed by atoms with E-state index >= 15 is 0 Å². The summed E-state index contributed by atoms with van der Waals surface area (Å²) in [4.78, 5) is 41.4. The molecule has 3 aliphatic rings. The van der Waals surface area contributed by atoms with Crippen LogP contribution in [0.2, 0.25) is 5.02 Å². The lowest BCUT2D eigenvalue weighted by Gasteiger charge is -2.27. The molecule has 5 atom stereocenters. The molecule has 2 aromatic rings. The van der Waals surface area contributed by atoms with E-state index in [1.165, 1.54) is 4.90 Å². The van der Waals surface area contributed by atoms with Gasteiger partial charge in [0.05, 0.1) is 11.8 Å². The Morgan fingerprint density at radius 1 is 1.06 bits per heavy atom. The molecular weight excluding hydrogens is 412 g/mol. The molecule has 1 N–H and O–H groups in total.